The van der Waals surface area contributed by atoms with Gasteiger partial charge in [0, 0.05) is 18.2 Å². The second-order valence-electron chi connectivity index (χ2n) is 4.29. The molecule has 2 heterocycles. The molecule has 2 rings (SSSR count). The third kappa shape index (κ3) is 5.87. The Morgan fingerprint density at radius 2 is 1.86 bits per heavy atom. The van der Waals surface area contributed by atoms with E-state index in [4.69, 9.17) is 4.74 Å². The molecular weight excluding hydrogens is 268 g/mol. The van der Waals surface area contributed by atoms with Gasteiger partial charge in [0.25, 0.3) is 5.56 Å². The van der Waals surface area contributed by atoms with Crippen LogP contribution in [0.5, 0.6) is 0 Å². The van der Waals surface area contributed by atoms with Gasteiger partial charge in [-0.15, -0.1) is 0 Å². The highest BCUT2D eigenvalue weighted by Crippen LogP contribution is 2.33. The average molecular weight is 300 g/mol. The van der Waals surface area contributed by atoms with Crippen molar-refractivity contribution in [2.24, 2.45) is 5.92 Å². The minimum absolute atomic E-state index is 0. The molecule has 5 nitrogen and oxygen atoms in total. The van der Waals surface area contributed by atoms with E-state index in [9.17, 15) is 9.59 Å². The van der Waals surface area contributed by atoms with Crippen LogP contribution < -0.4 is 11.2 Å². The van der Waals surface area contributed by atoms with Crippen LogP contribution in [0.15, 0.2) is 21.9 Å². The van der Waals surface area contributed by atoms with Gasteiger partial charge in [-0.2, -0.15) is 0 Å². The number of hydrogen-bond acceptors (Lipinski definition) is 3. The van der Waals surface area contributed by atoms with Crippen LogP contribution in [0.4, 0.5) is 0 Å². The molecule has 0 radical (unpaired) electrons. The molecule has 0 spiro atoms. The molecule has 1 N–H and O–H groups in total. The van der Waals surface area contributed by atoms with Crippen molar-refractivity contribution in [3.63, 3.8) is 0 Å². The van der Waals surface area contributed by atoms with Crippen molar-refractivity contribution in [2.45, 2.75) is 74.1 Å². The van der Waals surface area contributed by atoms with Gasteiger partial charge in [-0.1, -0.05) is 49.0 Å². The fourth-order valence-electron chi connectivity index (χ4n) is 2.15. The summed E-state index contributed by atoms with van der Waals surface area (Å²) in [7, 11) is 0. The molecule has 1 aliphatic heterocycles. The van der Waals surface area contributed by atoms with Crippen LogP contribution in [0.3, 0.4) is 0 Å². The molecule has 0 saturated carbocycles. The molecular formula is C16H32N2O3. The topological polar surface area (TPSA) is 64.1 Å². The Balaban J connectivity index is 0. The highest BCUT2D eigenvalue weighted by Gasteiger charge is 2.32. The van der Waals surface area contributed by atoms with Crippen molar-refractivity contribution in [3.05, 3.63) is 33.1 Å². The molecule has 1 saturated heterocycles. The number of rotatable bonds is 2. The Kier molecular flexibility index (Phi) is 11.8. The van der Waals surface area contributed by atoms with Crippen LogP contribution in [-0.2, 0) is 4.74 Å². The molecule has 5 heteroatoms. The maximum absolute atomic E-state index is 11.6. The summed E-state index contributed by atoms with van der Waals surface area (Å²) in [5.41, 5.74) is -0.778. The zero-order valence-electron chi connectivity index (χ0n) is 13.5. The number of aromatic amines is 1. The van der Waals surface area contributed by atoms with Crippen molar-refractivity contribution < 1.29 is 4.74 Å². The van der Waals surface area contributed by atoms with Crippen molar-refractivity contribution in [1.29, 1.82) is 0 Å². The summed E-state index contributed by atoms with van der Waals surface area (Å²) in [6.07, 6.45) is 3.35. The van der Waals surface area contributed by atoms with Gasteiger partial charge in [-0.25, -0.2) is 4.79 Å². The van der Waals surface area contributed by atoms with Gasteiger partial charge in [-0.3, -0.25) is 14.3 Å². The van der Waals surface area contributed by atoms with Crippen molar-refractivity contribution in [1.82, 2.24) is 9.55 Å². The van der Waals surface area contributed by atoms with Crippen LogP contribution in [0.2, 0.25) is 0 Å². The normalized spacial score (nSPS) is 23.0. The molecule has 0 bridgehead atoms. The Morgan fingerprint density at radius 3 is 2.29 bits per heavy atom. The SMILES string of the molecule is C.CC.CC.CCC1CC(C)C(n2ccc(=O)[nH]c2=O)O1. The summed E-state index contributed by atoms with van der Waals surface area (Å²) in [5, 5.41) is 0. The molecule has 3 atom stereocenters. The summed E-state index contributed by atoms with van der Waals surface area (Å²) in [5.74, 6) is 0.286. The van der Waals surface area contributed by atoms with Crippen LogP contribution >= 0.6 is 0 Å². The molecule has 1 fully saturated rings. The lowest BCUT2D eigenvalue weighted by molar-refractivity contribution is -0.0142. The largest absolute Gasteiger partial charge is 0.354 e. The summed E-state index contributed by atoms with van der Waals surface area (Å²) >= 11 is 0. The van der Waals surface area contributed by atoms with Gasteiger partial charge in [0.2, 0.25) is 0 Å². The van der Waals surface area contributed by atoms with Crippen LogP contribution in [0.1, 0.15) is 68.0 Å². The van der Waals surface area contributed by atoms with Crippen molar-refractivity contribution >= 4 is 0 Å². The quantitative estimate of drug-likeness (QED) is 0.908. The van der Waals surface area contributed by atoms with Crippen LogP contribution in [0, 0.1) is 5.92 Å². The summed E-state index contributed by atoms with van der Waals surface area (Å²) in [6.45, 7) is 12.1. The molecule has 3 unspecified atom stereocenters. The summed E-state index contributed by atoms with van der Waals surface area (Å²) < 4.78 is 7.23. The van der Waals surface area contributed by atoms with E-state index in [-0.39, 0.29) is 31.2 Å². The Labute approximate surface area is 128 Å². The monoisotopic (exact) mass is 300 g/mol. The van der Waals surface area contributed by atoms with E-state index in [1.54, 1.807) is 0 Å². The van der Waals surface area contributed by atoms with E-state index < -0.39 is 5.69 Å². The molecule has 1 aromatic rings. The second kappa shape index (κ2) is 11.3. The molecule has 124 valence electrons. The number of aromatic nitrogens is 2. The lowest BCUT2D eigenvalue weighted by Gasteiger charge is -2.17. The lowest BCUT2D eigenvalue weighted by atomic mass is 10.0. The number of H-pyrrole nitrogens is 1. The van der Waals surface area contributed by atoms with E-state index in [0.29, 0.717) is 0 Å². The van der Waals surface area contributed by atoms with Gasteiger partial charge in [0.05, 0.1) is 6.10 Å². The smallest absolute Gasteiger partial charge is 0.330 e. The second-order valence-corrected chi connectivity index (χ2v) is 4.29. The number of ether oxygens (including phenoxy) is 1. The first-order valence-corrected chi connectivity index (χ1v) is 7.58. The fraction of sp³-hybridized carbons (Fsp3) is 0.750. The van der Waals surface area contributed by atoms with Crippen molar-refractivity contribution in [2.75, 3.05) is 0 Å². The lowest BCUT2D eigenvalue weighted by Crippen LogP contribution is -2.33. The molecule has 0 aromatic carbocycles. The Bertz CT molecular complexity index is 479. The first-order valence-electron chi connectivity index (χ1n) is 7.58. The van der Waals surface area contributed by atoms with Gasteiger partial charge >= 0.3 is 5.69 Å². The highest BCUT2D eigenvalue weighted by atomic mass is 16.5. The maximum atomic E-state index is 11.6. The summed E-state index contributed by atoms with van der Waals surface area (Å²) in [6, 6.07) is 1.34. The number of hydrogen-bond donors (Lipinski definition) is 1. The van der Waals surface area contributed by atoms with E-state index in [1.165, 1.54) is 16.8 Å². The predicted octanol–water partition coefficient (Wildman–Crippen LogP) is 3.56. The molecule has 1 aromatic heterocycles. The molecule has 21 heavy (non-hydrogen) atoms. The third-order valence-electron chi connectivity index (χ3n) is 3.03. The fourth-order valence-corrected chi connectivity index (χ4v) is 2.15. The zero-order chi connectivity index (χ0) is 15.7. The van der Waals surface area contributed by atoms with Gasteiger partial charge in [0.15, 0.2) is 0 Å². The predicted molar refractivity (Wildman–Crippen MR) is 88.7 cm³/mol. The van der Waals surface area contributed by atoms with Gasteiger partial charge in [0.1, 0.15) is 6.23 Å². The molecule has 0 amide bonds. The van der Waals surface area contributed by atoms with Crippen molar-refractivity contribution in [3.8, 4) is 0 Å². The Morgan fingerprint density at radius 1 is 1.29 bits per heavy atom. The van der Waals surface area contributed by atoms with E-state index in [1.807, 2.05) is 27.7 Å². The highest BCUT2D eigenvalue weighted by molar-refractivity contribution is 4.87. The maximum Gasteiger partial charge on any atom is 0.330 e. The minimum Gasteiger partial charge on any atom is -0.354 e. The average Bonchev–Trinajstić information content (AvgIpc) is 2.84. The number of nitrogens with one attached hydrogen (secondary N) is 1. The first kappa shape index (κ1) is 21.9. The summed E-state index contributed by atoms with van der Waals surface area (Å²) in [4.78, 5) is 24.8. The number of nitrogens with zero attached hydrogens (tertiary/aromatic N) is 1. The first-order chi connectivity index (χ1) is 9.61. The van der Waals surface area contributed by atoms with Gasteiger partial charge in [-0.05, 0) is 12.8 Å². The third-order valence-corrected chi connectivity index (χ3v) is 3.03. The zero-order valence-corrected chi connectivity index (χ0v) is 13.5. The van der Waals surface area contributed by atoms with E-state index in [0.717, 1.165) is 12.8 Å². The van der Waals surface area contributed by atoms with Gasteiger partial charge < -0.3 is 4.74 Å². The Hall–Kier alpha value is -1.36. The molecule has 1 aliphatic rings. The van der Waals surface area contributed by atoms with E-state index >= 15 is 0 Å². The van der Waals surface area contributed by atoms with Crippen LogP contribution in [-0.4, -0.2) is 15.7 Å². The molecule has 0 aliphatic carbocycles. The minimum atomic E-state index is -0.402. The van der Waals surface area contributed by atoms with E-state index in [2.05, 4.69) is 18.8 Å². The van der Waals surface area contributed by atoms with Crippen LogP contribution in [0.25, 0.3) is 0 Å². The standard InChI is InChI=1S/C11H16N2O3.2C2H6.CH4/c1-3-8-6-7(2)10(16-8)13-5-4-9(14)12-11(13)15;2*1-2;/h4-5,7-8,10H,3,6H2,1-2H3,(H,12,14,15);2*1-2H3;1H4.